The average molecular weight is 291 g/mol. The second-order valence-electron chi connectivity index (χ2n) is 5.09. The molecule has 0 saturated heterocycles. The highest BCUT2D eigenvalue weighted by molar-refractivity contribution is 7.89. The average Bonchev–Trinajstić information content (AvgIpc) is 2.39. The van der Waals surface area contributed by atoms with Crippen molar-refractivity contribution in [1.29, 1.82) is 0 Å². The molecule has 2 aromatic carbocycles. The summed E-state index contributed by atoms with van der Waals surface area (Å²) in [5.74, 6) is 0.149. The third-order valence-electron chi connectivity index (χ3n) is 3.03. The van der Waals surface area contributed by atoms with Crippen LogP contribution in [0.3, 0.4) is 0 Å². The maximum Gasteiger partial charge on any atom is 0.241 e. The van der Waals surface area contributed by atoms with Crippen LogP contribution in [-0.4, -0.2) is 13.5 Å². The van der Waals surface area contributed by atoms with Gasteiger partial charge in [0.15, 0.2) is 0 Å². The van der Waals surface area contributed by atoms with Gasteiger partial charge in [0.25, 0.3) is 0 Å². The van der Waals surface area contributed by atoms with Gasteiger partial charge in [-0.25, -0.2) is 13.1 Å². The predicted octanol–water partition coefficient (Wildman–Crippen LogP) is 2.61. The maximum absolute atomic E-state index is 12.3. The van der Waals surface area contributed by atoms with E-state index in [-0.39, 0.29) is 10.6 Å². The molecule has 0 aromatic heterocycles. The fraction of sp³-hybridized carbons (Fsp3) is 0.200. The van der Waals surface area contributed by atoms with Crippen molar-refractivity contribution in [3.8, 4) is 5.75 Å². The van der Waals surface area contributed by atoms with E-state index in [1.54, 1.807) is 56.3 Å². The van der Waals surface area contributed by atoms with Gasteiger partial charge < -0.3 is 5.11 Å². The van der Waals surface area contributed by atoms with Gasteiger partial charge in [-0.3, -0.25) is 0 Å². The van der Waals surface area contributed by atoms with Gasteiger partial charge in [-0.05, 0) is 43.7 Å². The summed E-state index contributed by atoms with van der Waals surface area (Å²) in [7, 11) is -3.59. The van der Waals surface area contributed by atoms with Crippen molar-refractivity contribution in [3.05, 3.63) is 60.2 Å². The van der Waals surface area contributed by atoms with Gasteiger partial charge in [0.2, 0.25) is 10.0 Å². The molecule has 0 aliphatic carbocycles. The van der Waals surface area contributed by atoms with Crippen molar-refractivity contribution in [2.75, 3.05) is 0 Å². The van der Waals surface area contributed by atoms with E-state index in [1.165, 1.54) is 12.1 Å². The van der Waals surface area contributed by atoms with Crippen LogP contribution in [0.1, 0.15) is 19.4 Å². The summed E-state index contributed by atoms with van der Waals surface area (Å²) < 4.78 is 27.3. The Hall–Kier alpha value is -1.85. The minimum atomic E-state index is -3.59. The van der Waals surface area contributed by atoms with Crippen LogP contribution in [0, 0.1) is 0 Å². The first-order valence-electron chi connectivity index (χ1n) is 6.20. The van der Waals surface area contributed by atoms with Crippen molar-refractivity contribution >= 4 is 10.0 Å². The van der Waals surface area contributed by atoms with E-state index in [0.717, 1.165) is 5.56 Å². The van der Waals surface area contributed by atoms with Crippen LogP contribution in [-0.2, 0) is 15.6 Å². The van der Waals surface area contributed by atoms with Gasteiger partial charge in [-0.1, -0.05) is 30.3 Å². The molecule has 0 amide bonds. The molecular weight excluding hydrogens is 274 g/mol. The van der Waals surface area contributed by atoms with Gasteiger partial charge in [0.1, 0.15) is 5.75 Å². The Morgan fingerprint density at radius 3 is 2.05 bits per heavy atom. The zero-order valence-electron chi connectivity index (χ0n) is 11.4. The Morgan fingerprint density at radius 1 is 0.950 bits per heavy atom. The number of hydrogen-bond acceptors (Lipinski definition) is 3. The van der Waals surface area contributed by atoms with E-state index in [9.17, 15) is 13.5 Å². The molecule has 20 heavy (non-hydrogen) atoms. The highest BCUT2D eigenvalue weighted by Gasteiger charge is 2.27. The van der Waals surface area contributed by atoms with E-state index in [4.69, 9.17) is 0 Å². The summed E-state index contributed by atoms with van der Waals surface area (Å²) in [6.07, 6.45) is 0. The van der Waals surface area contributed by atoms with Crippen molar-refractivity contribution in [1.82, 2.24) is 4.72 Å². The number of rotatable bonds is 4. The molecule has 2 rings (SSSR count). The lowest BCUT2D eigenvalue weighted by Gasteiger charge is -2.26. The molecule has 4 nitrogen and oxygen atoms in total. The monoisotopic (exact) mass is 291 g/mol. The molecule has 0 bridgehead atoms. The third-order valence-corrected chi connectivity index (χ3v) is 4.70. The van der Waals surface area contributed by atoms with E-state index < -0.39 is 15.6 Å². The Morgan fingerprint density at radius 2 is 1.50 bits per heavy atom. The molecule has 0 heterocycles. The second kappa shape index (κ2) is 5.26. The first-order valence-corrected chi connectivity index (χ1v) is 7.68. The number of sulfonamides is 1. The SMILES string of the molecule is CC(C)(NS(=O)(=O)c1ccccc1)c1ccc(O)cc1. The topological polar surface area (TPSA) is 66.4 Å². The molecule has 0 spiro atoms. The Labute approximate surface area is 119 Å². The van der Waals surface area contributed by atoms with Gasteiger partial charge in [0.05, 0.1) is 10.4 Å². The highest BCUT2D eigenvalue weighted by Crippen LogP contribution is 2.24. The fourth-order valence-corrected chi connectivity index (χ4v) is 3.35. The Kier molecular flexibility index (Phi) is 3.83. The lowest BCUT2D eigenvalue weighted by atomic mass is 9.96. The predicted molar refractivity (Wildman–Crippen MR) is 77.9 cm³/mol. The Bertz CT molecular complexity index is 677. The summed E-state index contributed by atoms with van der Waals surface area (Å²) in [6, 6.07) is 14.7. The molecular formula is C15H17NO3S. The molecule has 0 radical (unpaired) electrons. The fourth-order valence-electron chi connectivity index (χ4n) is 1.93. The summed E-state index contributed by atoms with van der Waals surface area (Å²) in [6.45, 7) is 3.56. The molecule has 0 saturated carbocycles. The molecule has 0 atom stereocenters. The van der Waals surface area contributed by atoms with Crippen LogP contribution in [0.25, 0.3) is 0 Å². The molecule has 2 N–H and O–H groups in total. The summed E-state index contributed by atoms with van der Waals surface area (Å²) in [4.78, 5) is 0.229. The molecule has 106 valence electrons. The number of phenolic OH excluding ortho intramolecular Hbond substituents is 1. The van der Waals surface area contributed by atoms with Crippen LogP contribution < -0.4 is 4.72 Å². The van der Waals surface area contributed by atoms with Crippen molar-refractivity contribution in [2.24, 2.45) is 0 Å². The van der Waals surface area contributed by atoms with Crippen LogP contribution in [0.5, 0.6) is 5.75 Å². The number of aromatic hydroxyl groups is 1. The van der Waals surface area contributed by atoms with Crippen molar-refractivity contribution in [2.45, 2.75) is 24.3 Å². The zero-order valence-corrected chi connectivity index (χ0v) is 12.2. The van der Waals surface area contributed by atoms with E-state index in [2.05, 4.69) is 4.72 Å². The highest BCUT2D eigenvalue weighted by atomic mass is 32.2. The zero-order chi connectivity index (χ0) is 14.8. The van der Waals surface area contributed by atoms with E-state index in [0.29, 0.717) is 0 Å². The normalized spacial score (nSPS) is 12.3. The minimum absolute atomic E-state index is 0.149. The van der Waals surface area contributed by atoms with E-state index >= 15 is 0 Å². The number of hydrogen-bond donors (Lipinski definition) is 2. The molecule has 2 aromatic rings. The number of benzene rings is 2. The number of nitrogens with one attached hydrogen (secondary N) is 1. The second-order valence-corrected chi connectivity index (χ2v) is 6.77. The van der Waals surface area contributed by atoms with Crippen LogP contribution in [0.15, 0.2) is 59.5 Å². The van der Waals surface area contributed by atoms with Gasteiger partial charge >= 0.3 is 0 Å². The molecule has 0 unspecified atom stereocenters. The first-order chi connectivity index (χ1) is 9.31. The summed E-state index contributed by atoms with van der Waals surface area (Å²) >= 11 is 0. The van der Waals surface area contributed by atoms with Gasteiger partial charge in [0, 0.05) is 0 Å². The number of phenols is 1. The lowest BCUT2D eigenvalue weighted by Crippen LogP contribution is -2.40. The first kappa shape index (κ1) is 14.6. The molecule has 0 aliphatic heterocycles. The largest absolute Gasteiger partial charge is 0.508 e. The van der Waals surface area contributed by atoms with Crippen LogP contribution in [0.2, 0.25) is 0 Å². The van der Waals surface area contributed by atoms with Crippen molar-refractivity contribution < 1.29 is 13.5 Å². The van der Waals surface area contributed by atoms with Crippen LogP contribution in [0.4, 0.5) is 0 Å². The van der Waals surface area contributed by atoms with Gasteiger partial charge in [-0.2, -0.15) is 0 Å². The smallest absolute Gasteiger partial charge is 0.241 e. The van der Waals surface area contributed by atoms with E-state index in [1.807, 2.05) is 0 Å². The minimum Gasteiger partial charge on any atom is -0.508 e. The van der Waals surface area contributed by atoms with Gasteiger partial charge in [-0.15, -0.1) is 0 Å². The van der Waals surface area contributed by atoms with Crippen molar-refractivity contribution in [3.63, 3.8) is 0 Å². The Balaban J connectivity index is 2.30. The standard InChI is InChI=1S/C15H17NO3S/c1-15(2,12-8-10-13(17)11-9-12)16-20(18,19)14-6-4-3-5-7-14/h3-11,16-17H,1-2H3. The molecule has 0 fully saturated rings. The maximum atomic E-state index is 12.3. The molecule has 0 aliphatic rings. The summed E-state index contributed by atoms with van der Waals surface area (Å²) in [5, 5.41) is 9.29. The lowest BCUT2D eigenvalue weighted by molar-refractivity contribution is 0.463. The summed E-state index contributed by atoms with van der Waals surface area (Å²) in [5.41, 5.74) is -0.00245. The van der Waals surface area contributed by atoms with Crippen LogP contribution >= 0.6 is 0 Å². The third kappa shape index (κ3) is 3.18. The molecule has 5 heteroatoms. The quantitative estimate of drug-likeness (QED) is 0.910.